The summed E-state index contributed by atoms with van der Waals surface area (Å²) in [7, 11) is 0. The van der Waals surface area contributed by atoms with E-state index in [4.69, 9.17) is 9.47 Å². The molecule has 0 unspecified atom stereocenters. The van der Waals surface area contributed by atoms with Gasteiger partial charge in [0.1, 0.15) is 18.9 Å². The van der Waals surface area contributed by atoms with Crippen molar-refractivity contribution in [3.63, 3.8) is 0 Å². The molecular weight excluding hydrogens is 447 g/mol. The van der Waals surface area contributed by atoms with E-state index < -0.39 is 11.7 Å². The van der Waals surface area contributed by atoms with Gasteiger partial charge in [0.25, 0.3) is 0 Å². The number of rotatable bonds is 2. The Morgan fingerprint density at radius 3 is 2.71 bits per heavy atom. The van der Waals surface area contributed by atoms with Gasteiger partial charge in [-0.2, -0.15) is 18.3 Å². The number of aromatic nitrogens is 2. The lowest BCUT2D eigenvalue weighted by Gasteiger charge is -2.24. The van der Waals surface area contributed by atoms with Gasteiger partial charge < -0.3 is 14.4 Å². The molecule has 4 rings (SSSR count). The van der Waals surface area contributed by atoms with Gasteiger partial charge in [-0.05, 0) is 29.7 Å². The molecule has 6 nitrogen and oxygen atoms in total. The van der Waals surface area contributed by atoms with Gasteiger partial charge in [-0.1, -0.05) is 42.0 Å². The largest absolute Gasteiger partial charge is 0.491 e. The molecule has 0 radical (unpaired) electrons. The lowest BCUT2D eigenvalue weighted by atomic mass is 10.0. The van der Waals surface area contributed by atoms with E-state index in [1.54, 1.807) is 4.90 Å². The average Bonchev–Trinajstić information content (AvgIpc) is 3.25. The van der Waals surface area contributed by atoms with E-state index in [1.807, 2.05) is 43.3 Å². The number of halogens is 3. The van der Waals surface area contributed by atoms with Gasteiger partial charge in [0.2, 0.25) is 5.91 Å². The zero-order valence-corrected chi connectivity index (χ0v) is 18.8. The van der Waals surface area contributed by atoms with Crippen molar-refractivity contribution in [2.24, 2.45) is 0 Å². The van der Waals surface area contributed by atoms with Crippen molar-refractivity contribution < 1.29 is 27.4 Å². The third kappa shape index (κ3) is 6.17. The van der Waals surface area contributed by atoms with Gasteiger partial charge in [0.15, 0.2) is 0 Å². The quantitative estimate of drug-likeness (QED) is 0.559. The van der Waals surface area contributed by atoms with Crippen LogP contribution in [-0.2, 0) is 35.2 Å². The zero-order chi connectivity index (χ0) is 24.1. The molecule has 1 aliphatic heterocycles. The number of carbonyl (C=O) groups is 1. The number of hydrogen-bond donors (Lipinski definition) is 0. The van der Waals surface area contributed by atoms with Gasteiger partial charge in [-0.15, -0.1) is 0 Å². The van der Waals surface area contributed by atoms with E-state index in [0.717, 1.165) is 45.1 Å². The van der Waals surface area contributed by atoms with Gasteiger partial charge in [-0.25, -0.2) is 0 Å². The van der Waals surface area contributed by atoms with Crippen molar-refractivity contribution in [3.05, 3.63) is 82.7 Å². The van der Waals surface area contributed by atoms with Gasteiger partial charge >= 0.3 is 6.18 Å². The Morgan fingerprint density at radius 1 is 1.09 bits per heavy atom. The molecule has 0 atom stereocenters. The van der Waals surface area contributed by atoms with E-state index in [2.05, 4.69) is 11.2 Å². The molecule has 0 N–H and O–H groups in total. The first-order chi connectivity index (χ1) is 16.3. The topological polar surface area (TPSA) is 56.6 Å². The molecule has 0 spiro atoms. The Morgan fingerprint density at radius 2 is 1.91 bits per heavy atom. The molecule has 0 saturated heterocycles. The van der Waals surface area contributed by atoms with E-state index >= 15 is 0 Å². The van der Waals surface area contributed by atoms with Crippen molar-refractivity contribution in [1.82, 2.24) is 14.7 Å². The minimum Gasteiger partial charge on any atom is -0.491 e. The second kappa shape index (κ2) is 10.3. The highest BCUT2D eigenvalue weighted by Gasteiger charge is 2.32. The average molecular weight is 473 g/mol. The minimum absolute atomic E-state index is 0.280. The highest BCUT2D eigenvalue weighted by Crippen LogP contribution is 2.28. The minimum atomic E-state index is -4.50. The number of carbonyl (C=O) groups excluding carboxylic acids is 1. The normalized spacial score (nSPS) is 15.2. The fourth-order valence-corrected chi connectivity index (χ4v) is 3.88. The predicted octanol–water partition coefficient (Wildman–Crippen LogP) is 4.24. The third-order valence-electron chi connectivity index (χ3n) is 5.58. The highest BCUT2D eigenvalue weighted by atomic mass is 19.4. The van der Waals surface area contributed by atoms with Crippen LogP contribution in [0.2, 0.25) is 0 Å². The number of ether oxygens (including phenoxy) is 2. The van der Waals surface area contributed by atoms with Crippen LogP contribution in [-0.4, -0.2) is 47.0 Å². The molecule has 1 amide bonds. The molecule has 180 valence electrons. The number of benzene rings is 2. The predicted molar refractivity (Wildman–Crippen MR) is 119 cm³/mol. The van der Waals surface area contributed by atoms with Crippen molar-refractivity contribution in [2.45, 2.75) is 32.6 Å². The summed E-state index contributed by atoms with van der Waals surface area (Å²) in [5.74, 6) is 0.487. The van der Waals surface area contributed by atoms with Crippen molar-refractivity contribution in [2.75, 3.05) is 26.4 Å². The number of hydrogen-bond acceptors (Lipinski definition) is 4. The lowest BCUT2D eigenvalue weighted by Crippen LogP contribution is -2.36. The maximum absolute atomic E-state index is 13.0. The van der Waals surface area contributed by atoms with Crippen LogP contribution in [0.25, 0.3) is 0 Å². The number of fused-ring (bicyclic) bond motifs is 3. The fraction of sp³-hybridized carbons (Fsp3) is 0.360. The molecule has 0 aliphatic carbocycles. The van der Waals surface area contributed by atoms with Gasteiger partial charge in [-0.3, -0.25) is 9.48 Å². The first-order valence-corrected chi connectivity index (χ1v) is 11.0. The summed E-state index contributed by atoms with van der Waals surface area (Å²) in [6, 6.07) is 14.0. The molecular formula is C25H26F3N3O3. The van der Waals surface area contributed by atoms with Crippen LogP contribution in [0.3, 0.4) is 0 Å². The number of aryl methyl sites for hydroxylation is 1. The van der Waals surface area contributed by atoms with Crippen LogP contribution in [0.1, 0.15) is 27.8 Å². The molecule has 1 aromatic heterocycles. The molecule has 0 saturated carbocycles. The molecule has 34 heavy (non-hydrogen) atoms. The second-order valence-electron chi connectivity index (χ2n) is 8.31. The smallest absolute Gasteiger partial charge is 0.419 e. The molecule has 2 bridgehead atoms. The molecule has 1 aliphatic rings. The van der Waals surface area contributed by atoms with Crippen molar-refractivity contribution >= 4 is 5.91 Å². The Hall–Kier alpha value is -3.33. The summed E-state index contributed by atoms with van der Waals surface area (Å²) in [4.78, 5) is 14.5. The zero-order valence-electron chi connectivity index (χ0n) is 18.8. The lowest BCUT2D eigenvalue weighted by molar-refractivity contribution is -0.138. The van der Waals surface area contributed by atoms with E-state index in [1.165, 1.54) is 0 Å². The Bertz CT molecular complexity index is 1140. The maximum Gasteiger partial charge on any atom is 0.419 e. The van der Waals surface area contributed by atoms with Crippen LogP contribution >= 0.6 is 0 Å². The Balaban J connectivity index is 1.54. The Labute approximate surface area is 195 Å². The summed E-state index contributed by atoms with van der Waals surface area (Å²) in [5, 5.41) is 3.70. The summed E-state index contributed by atoms with van der Waals surface area (Å²) < 4.78 is 51.2. The van der Waals surface area contributed by atoms with Crippen molar-refractivity contribution in [1.29, 1.82) is 0 Å². The van der Waals surface area contributed by atoms with Crippen LogP contribution < -0.4 is 4.74 Å². The second-order valence-corrected chi connectivity index (χ2v) is 8.31. The molecule has 0 fully saturated rings. The summed E-state index contributed by atoms with van der Waals surface area (Å²) in [6.07, 6.45) is -2.26. The summed E-state index contributed by atoms with van der Waals surface area (Å²) >= 11 is 0. The summed E-state index contributed by atoms with van der Waals surface area (Å²) in [6.45, 7) is 3.37. The first kappa shape index (κ1) is 23.8. The highest BCUT2D eigenvalue weighted by molar-refractivity contribution is 5.76. The van der Waals surface area contributed by atoms with Crippen LogP contribution in [0, 0.1) is 6.92 Å². The van der Waals surface area contributed by atoms with E-state index in [9.17, 15) is 18.0 Å². The van der Waals surface area contributed by atoms with Crippen LogP contribution in [0.4, 0.5) is 13.2 Å². The fourth-order valence-electron chi connectivity index (χ4n) is 3.88. The Kier molecular flexibility index (Phi) is 7.21. The monoisotopic (exact) mass is 473 g/mol. The van der Waals surface area contributed by atoms with E-state index in [0.29, 0.717) is 32.7 Å². The van der Waals surface area contributed by atoms with Crippen molar-refractivity contribution in [3.8, 4) is 5.75 Å². The van der Waals surface area contributed by atoms with Crippen LogP contribution in [0.15, 0.2) is 54.9 Å². The van der Waals surface area contributed by atoms with E-state index in [-0.39, 0.29) is 19.1 Å². The summed E-state index contributed by atoms with van der Waals surface area (Å²) in [5.41, 5.74) is 3.33. The molecule has 3 aromatic rings. The maximum atomic E-state index is 13.0. The van der Waals surface area contributed by atoms with Gasteiger partial charge in [0, 0.05) is 25.7 Å². The molecule has 9 heteroatoms. The third-order valence-corrected chi connectivity index (χ3v) is 5.58. The van der Waals surface area contributed by atoms with Gasteiger partial charge in [0.05, 0.1) is 25.0 Å². The SMILES string of the molecule is Cc1ccc2c(c1)Cc1cccc(c1)CN(C(=O)Cn1cc(C(F)(F)F)cn1)CCOCCO2. The molecule has 2 aromatic carbocycles. The standard InChI is InChI=1S/C25H26F3N3O3/c1-18-5-6-23-21(11-18)13-19-3-2-4-20(12-19)15-30(7-8-33-9-10-34-23)24(32)17-31-16-22(14-29-31)25(26,27)28/h2-6,11-12,14,16H,7-10,13,15,17H2,1H3. The first-order valence-electron chi connectivity index (χ1n) is 11.0. The number of nitrogens with zero attached hydrogens (tertiary/aromatic N) is 3. The number of alkyl halides is 3. The number of amides is 1. The molecule has 2 heterocycles. The van der Waals surface area contributed by atoms with Crippen LogP contribution in [0.5, 0.6) is 5.75 Å².